The van der Waals surface area contributed by atoms with E-state index >= 15 is 0 Å². The Labute approximate surface area is 105 Å². The first-order valence-corrected chi connectivity index (χ1v) is 6.82. The molecule has 3 aromatic heterocycles. The first-order chi connectivity index (χ1) is 7.74. The van der Waals surface area contributed by atoms with Gasteiger partial charge in [-0.15, -0.1) is 44.5 Å². The van der Waals surface area contributed by atoms with Crippen molar-refractivity contribution in [1.29, 1.82) is 0 Å². The minimum absolute atomic E-state index is 0.248. The first kappa shape index (κ1) is 10.3. The summed E-state index contributed by atoms with van der Waals surface area (Å²) in [5, 5.41) is 9.73. The van der Waals surface area contributed by atoms with Gasteiger partial charge in [0.25, 0.3) is 5.89 Å². The molecular weight excluding hydrogens is 264 g/mol. The standard InChI is InChI=1S/C10H7ClN2OS2/c1-5(11)9-12-13-10(14-9)8-4-7-6(16-8)2-3-15-7/h2-5H,1H3. The van der Waals surface area contributed by atoms with Crippen LogP contribution < -0.4 is 0 Å². The van der Waals surface area contributed by atoms with Gasteiger partial charge in [0.2, 0.25) is 5.89 Å². The summed E-state index contributed by atoms with van der Waals surface area (Å²) in [6, 6.07) is 4.16. The second kappa shape index (κ2) is 3.84. The second-order valence-electron chi connectivity index (χ2n) is 3.32. The van der Waals surface area contributed by atoms with Crippen LogP contribution in [-0.4, -0.2) is 10.2 Å². The van der Waals surface area contributed by atoms with E-state index in [-0.39, 0.29) is 5.38 Å². The molecule has 82 valence electrons. The van der Waals surface area contributed by atoms with E-state index in [0.717, 1.165) is 4.88 Å². The Morgan fingerprint density at radius 1 is 1.38 bits per heavy atom. The normalized spacial score (nSPS) is 13.4. The number of hydrogen-bond acceptors (Lipinski definition) is 5. The molecule has 0 bridgehead atoms. The van der Waals surface area contributed by atoms with Gasteiger partial charge in [0.05, 0.1) is 4.88 Å². The SMILES string of the molecule is CC(Cl)c1nnc(-c2cc3sccc3s2)o1. The highest BCUT2D eigenvalue weighted by molar-refractivity contribution is 7.28. The molecule has 1 atom stereocenters. The van der Waals surface area contributed by atoms with Crippen LogP contribution >= 0.6 is 34.3 Å². The van der Waals surface area contributed by atoms with E-state index < -0.39 is 0 Å². The third-order valence-electron chi connectivity index (χ3n) is 2.13. The number of halogens is 1. The van der Waals surface area contributed by atoms with Crippen molar-refractivity contribution >= 4 is 43.7 Å². The van der Waals surface area contributed by atoms with Crippen LogP contribution in [0, 0.1) is 0 Å². The van der Waals surface area contributed by atoms with Crippen molar-refractivity contribution in [2.24, 2.45) is 0 Å². The van der Waals surface area contributed by atoms with E-state index in [2.05, 4.69) is 27.7 Å². The maximum atomic E-state index is 5.87. The highest BCUT2D eigenvalue weighted by Gasteiger charge is 2.14. The van der Waals surface area contributed by atoms with Crippen molar-refractivity contribution < 1.29 is 4.42 Å². The Kier molecular flexibility index (Phi) is 2.46. The van der Waals surface area contributed by atoms with Crippen molar-refractivity contribution in [3.63, 3.8) is 0 Å². The fourth-order valence-corrected chi connectivity index (χ4v) is 3.48. The molecule has 0 saturated carbocycles. The number of nitrogens with zero attached hydrogens (tertiary/aromatic N) is 2. The Hall–Kier alpha value is -0.910. The third-order valence-corrected chi connectivity index (χ3v) is 4.40. The molecule has 3 aromatic rings. The first-order valence-electron chi connectivity index (χ1n) is 4.69. The number of hydrogen-bond donors (Lipinski definition) is 0. The molecule has 3 rings (SSSR count). The van der Waals surface area contributed by atoms with E-state index in [1.54, 1.807) is 22.7 Å². The van der Waals surface area contributed by atoms with Gasteiger partial charge < -0.3 is 4.42 Å². The van der Waals surface area contributed by atoms with Gasteiger partial charge in [-0.2, -0.15) is 0 Å². The molecule has 0 aliphatic rings. The average Bonchev–Trinajstić information content (AvgIpc) is 2.91. The summed E-state index contributed by atoms with van der Waals surface area (Å²) in [6.07, 6.45) is 0. The maximum Gasteiger partial charge on any atom is 0.257 e. The Morgan fingerprint density at radius 3 is 2.94 bits per heavy atom. The molecule has 0 N–H and O–H groups in total. The lowest BCUT2D eigenvalue weighted by atomic mass is 10.4. The minimum Gasteiger partial charge on any atom is -0.418 e. The Morgan fingerprint density at radius 2 is 2.25 bits per heavy atom. The van der Waals surface area contributed by atoms with Gasteiger partial charge in [0.1, 0.15) is 5.38 Å². The van der Waals surface area contributed by atoms with E-state index in [1.807, 2.05) is 6.92 Å². The molecule has 0 fully saturated rings. The van der Waals surface area contributed by atoms with Crippen molar-refractivity contribution in [3.8, 4) is 10.8 Å². The topological polar surface area (TPSA) is 38.9 Å². The van der Waals surface area contributed by atoms with Crippen molar-refractivity contribution in [3.05, 3.63) is 23.4 Å². The van der Waals surface area contributed by atoms with Gasteiger partial charge in [-0.3, -0.25) is 0 Å². The summed E-state index contributed by atoms with van der Waals surface area (Å²) in [5.41, 5.74) is 0. The van der Waals surface area contributed by atoms with Gasteiger partial charge in [-0.05, 0) is 24.4 Å². The molecule has 0 spiro atoms. The van der Waals surface area contributed by atoms with Crippen molar-refractivity contribution in [1.82, 2.24) is 10.2 Å². The zero-order valence-electron chi connectivity index (χ0n) is 8.31. The van der Waals surface area contributed by atoms with Gasteiger partial charge >= 0.3 is 0 Å². The van der Waals surface area contributed by atoms with Gasteiger partial charge in [0, 0.05) is 9.40 Å². The van der Waals surface area contributed by atoms with Gasteiger partial charge in [-0.25, -0.2) is 0 Å². The third kappa shape index (κ3) is 1.65. The summed E-state index contributed by atoms with van der Waals surface area (Å²) in [6.45, 7) is 1.81. The molecular formula is C10H7ClN2OS2. The molecule has 0 aliphatic heterocycles. The zero-order chi connectivity index (χ0) is 11.1. The van der Waals surface area contributed by atoms with E-state index in [1.165, 1.54) is 9.40 Å². The molecule has 0 saturated heterocycles. The highest BCUT2D eigenvalue weighted by atomic mass is 35.5. The fraction of sp³-hybridized carbons (Fsp3) is 0.200. The zero-order valence-corrected chi connectivity index (χ0v) is 10.7. The molecule has 1 unspecified atom stereocenters. The van der Waals surface area contributed by atoms with Crippen LogP contribution in [-0.2, 0) is 0 Å². The second-order valence-corrected chi connectivity index (χ2v) is 6.01. The molecule has 16 heavy (non-hydrogen) atoms. The minimum atomic E-state index is -0.248. The van der Waals surface area contributed by atoms with Crippen LogP contribution in [0.2, 0.25) is 0 Å². The molecule has 0 aliphatic carbocycles. The predicted molar refractivity (Wildman–Crippen MR) is 67.3 cm³/mol. The largest absolute Gasteiger partial charge is 0.418 e. The maximum absolute atomic E-state index is 5.87. The summed E-state index contributed by atoms with van der Waals surface area (Å²) in [5.74, 6) is 1.02. The summed E-state index contributed by atoms with van der Waals surface area (Å²) < 4.78 is 7.99. The van der Waals surface area contributed by atoms with Crippen LogP contribution in [0.4, 0.5) is 0 Å². The molecule has 0 radical (unpaired) electrons. The van der Waals surface area contributed by atoms with E-state index in [4.69, 9.17) is 16.0 Å². The number of thiophene rings is 2. The van der Waals surface area contributed by atoms with E-state index in [9.17, 15) is 0 Å². The smallest absolute Gasteiger partial charge is 0.257 e. The molecule has 3 nitrogen and oxygen atoms in total. The number of alkyl halides is 1. The lowest BCUT2D eigenvalue weighted by molar-refractivity contribution is 0.508. The monoisotopic (exact) mass is 270 g/mol. The summed E-state index contributed by atoms with van der Waals surface area (Å²) in [7, 11) is 0. The lowest BCUT2D eigenvalue weighted by Crippen LogP contribution is -1.81. The number of rotatable bonds is 2. The Bertz CT molecular complexity index is 597. The number of aromatic nitrogens is 2. The average molecular weight is 271 g/mol. The van der Waals surface area contributed by atoms with Crippen LogP contribution in [0.25, 0.3) is 20.2 Å². The summed E-state index contributed by atoms with van der Waals surface area (Å²) >= 11 is 9.23. The van der Waals surface area contributed by atoms with Crippen molar-refractivity contribution in [2.45, 2.75) is 12.3 Å². The molecule has 0 amide bonds. The van der Waals surface area contributed by atoms with Crippen LogP contribution in [0.1, 0.15) is 18.2 Å². The molecule has 3 heterocycles. The summed E-state index contributed by atoms with van der Waals surface area (Å²) in [4.78, 5) is 0.998. The fourth-order valence-electron chi connectivity index (χ4n) is 1.37. The van der Waals surface area contributed by atoms with Crippen LogP contribution in [0.3, 0.4) is 0 Å². The van der Waals surface area contributed by atoms with Gasteiger partial charge in [0.15, 0.2) is 0 Å². The number of fused-ring (bicyclic) bond motifs is 1. The van der Waals surface area contributed by atoms with Crippen LogP contribution in [0.15, 0.2) is 21.9 Å². The quantitative estimate of drug-likeness (QED) is 0.651. The van der Waals surface area contributed by atoms with E-state index in [0.29, 0.717) is 11.8 Å². The highest BCUT2D eigenvalue weighted by Crippen LogP contribution is 2.36. The van der Waals surface area contributed by atoms with Gasteiger partial charge in [-0.1, -0.05) is 0 Å². The molecule has 6 heteroatoms. The predicted octanol–water partition coefficient (Wildman–Crippen LogP) is 4.31. The molecule has 0 aromatic carbocycles. The van der Waals surface area contributed by atoms with Crippen molar-refractivity contribution in [2.75, 3.05) is 0 Å². The van der Waals surface area contributed by atoms with Crippen LogP contribution in [0.5, 0.6) is 0 Å². The lowest BCUT2D eigenvalue weighted by Gasteiger charge is -1.91. The Balaban J connectivity index is 2.05.